The number of ether oxygens (including phenoxy) is 2. The summed E-state index contributed by atoms with van der Waals surface area (Å²) in [4.78, 5) is 0.804. The van der Waals surface area contributed by atoms with Gasteiger partial charge in [0.15, 0.2) is 0 Å². The van der Waals surface area contributed by atoms with Crippen molar-refractivity contribution in [1.82, 2.24) is 9.29 Å². The highest BCUT2D eigenvalue weighted by atomic mass is 32.2. The molecule has 1 N–H and O–H groups in total. The molecule has 0 radical (unpaired) electrons. The molecule has 0 spiro atoms. The van der Waals surface area contributed by atoms with Crippen LogP contribution >= 0.6 is 11.9 Å². The van der Waals surface area contributed by atoms with Crippen LogP contribution in [0.2, 0.25) is 0 Å². The van der Waals surface area contributed by atoms with Crippen molar-refractivity contribution in [3.8, 4) is 5.75 Å². The number of nitrogens with zero attached hydrogens (tertiary/aromatic N) is 1. The number of hydrogen-bond donors (Lipinski definition) is 1. The third-order valence-corrected chi connectivity index (χ3v) is 6.53. The number of halogens is 3. The molecule has 0 saturated carbocycles. The molecule has 2 heterocycles. The Balaban J connectivity index is 1.30. The minimum Gasteiger partial charge on any atom is -0.406 e. The topological polar surface area (TPSA) is 35.4 Å². The van der Waals surface area contributed by atoms with Crippen LogP contribution in [-0.4, -0.2) is 30.2 Å². The van der Waals surface area contributed by atoms with Crippen LogP contribution in [0.25, 0.3) is 21.8 Å². The van der Waals surface area contributed by atoms with Gasteiger partial charge in [0.2, 0.25) is 0 Å². The van der Waals surface area contributed by atoms with Crippen LogP contribution < -0.4 is 9.46 Å². The molecule has 2 atom stereocenters. The van der Waals surface area contributed by atoms with Crippen LogP contribution in [0.3, 0.4) is 0 Å². The zero-order valence-corrected chi connectivity index (χ0v) is 17.8. The number of fused-ring (bicyclic) bond motifs is 3. The largest absolute Gasteiger partial charge is 0.573 e. The number of benzene rings is 3. The Labute approximate surface area is 187 Å². The summed E-state index contributed by atoms with van der Waals surface area (Å²) < 4.78 is 52.6. The number of para-hydroxylation sites is 2. The van der Waals surface area contributed by atoms with Crippen LogP contribution in [0.1, 0.15) is 12.5 Å². The molecule has 4 nitrogen and oxygen atoms in total. The summed E-state index contributed by atoms with van der Waals surface area (Å²) in [5.41, 5.74) is 2.38. The lowest BCUT2D eigenvalue weighted by molar-refractivity contribution is -0.274. The summed E-state index contributed by atoms with van der Waals surface area (Å²) in [7, 11) is 0. The molecule has 166 valence electrons. The molecule has 0 bridgehead atoms. The van der Waals surface area contributed by atoms with Crippen LogP contribution in [-0.2, 0) is 4.74 Å². The monoisotopic (exact) mass is 458 g/mol. The summed E-state index contributed by atoms with van der Waals surface area (Å²) in [5.74, 6) is -0.228. The first kappa shape index (κ1) is 21.2. The minimum atomic E-state index is -4.69. The zero-order valence-electron chi connectivity index (χ0n) is 17.0. The first-order chi connectivity index (χ1) is 15.5. The standard InChI is InChI=1S/C24H21F3N2O2S/c25-24(26,27)31-18-9-11-19(12-10-18)32-28-16-13-17(15-30-14-16)29-22-7-3-1-5-20(22)21-6-2-4-8-23(21)29/h1-12,16-17,28H,13-15H2/t16-,17+/m1/s1. The molecule has 4 aromatic rings. The third kappa shape index (κ3) is 4.44. The number of aromatic nitrogens is 1. The second-order valence-electron chi connectivity index (χ2n) is 7.77. The maximum atomic E-state index is 12.3. The van der Waals surface area contributed by atoms with E-state index in [4.69, 9.17) is 4.74 Å². The molecular weight excluding hydrogens is 437 g/mol. The third-order valence-electron chi connectivity index (χ3n) is 5.57. The highest BCUT2D eigenvalue weighted by Crippen LogP contribution is 2.35. The van der Waals surface area contributed by atoms with E-state index in [0.717, 1.165) is 11.3 Å². The molecule has 32 heavy (non-hydrogen) atoms. The van der Waals surface area contributed by atoms with Gasteiger partial charge in [0.1, 0.15) is 5.75 Å². The zero-order chi connectivity index (χ0) is 22.1. The predicted octanol–water partition coefficient (Wildman–Crippen LogP) is 6.32. The van der Waals surface area contributed by atoms with Gasteiger partial charge >= 0.3 is 6.36 Å². The van der Waals surface area contributed by atoms with E-state index in [1.807, 2.05) is 0 Å². The van der Waals surface area contributed by atoms with Crippen molar-refractivity contribution in [1.29, 1.82) is 0 Å². The Hall–Kier alpha value is -2.68. The minimum absolute atomic E-state index is 0.102. The normalized spacial score (nSPS) is 19.5. The van der Waals surface area contributed by atoms with Crippen LogP contribution in [0.15, 0.2) is 77.7 Å². The van der Waals surface area contributed by atoms with Crippen LogP contribution in [0.5, 0.6) is 5.75 Å². The lowest BCUT2D eigenvalue weighted by Crippen LogP contribution is -2.38. The SMILES string of the molecule is FC(F)(F)Oc1ccc(SN[C@H]2COC[C@@H](n3c4ccccc4c4ccccc43)C2)cc1. The van der Waals surface area contributed by atoms with Gasteiger partial charge in [0.25, 0.3) is 0 Å². The summed E-state index contributed by atoms with van der Waals surface area (Å²) in [6, 6.07) is 22.9. The van der Waals surface area contributed by atoms with Gasteiger partial charge < -0.3 is 14.0 Å². The molecule has 1 saturated heterocycles. The maximum Gasteiger partial charge on any atom is 0.573 e. The van der Waals surface area contributed by atoms with E-state index in [2.05, 4.69) is 62.6 Å². The Kier molecular flexibility index (Phi) is 5.75. The van der Waals surface area contributed by atoms with E-state index in [-0.39, 0.29) is 17.8 Å². The van der Waals surface area contributed by atoms with Gasteiger partial charge in [-0.25, -0.2) is 0 Å². The summed E-state index contributed by atoms with van der Waals surface area (Å²) in [6.45, 7) is 1.21. The molecule has 3 aromatic carbocycles. The van der Waals surface area contributed by atoms with E-state index in [1.54, 1.807) is 12.1 Å². The number of alkyl halides is 3. The molecule has 1 aromatic heterocycles. The number of rotatable bonds is 5. The summed E-state index contributed by atoms with van der Waals surface area (Å²) >= 11 is 1.38. The van der Waals surface area contributed by atoms with Crippen molar-refractivity contribution in [3.05, 3.63) is 72.8 Å². The van der Waals surface area contributed by atoms with E-state index in [0.29, 0.717) is 13.2 Å². The fraction of sp³-hybridized carbons (Fsp3) is 0.250. The van der Waals surface area contributed by atoms with Crippen molar-refractivity contribution < 1.29 is 22.6 Å². The van der Waals surface area contributed by atoms with Gasteiger partial charge in [-0.1, -0.05) is 36.4 Å². The fourth-order valence-electron chi connectivity index (χ4n) is 4.28. The molecule has 1 aliphatic heterocycles. The average molecular weight is 459 g/mol. The van der Waals surface area contributed by atoms with E-state index in [1.165, 1.54) is 45.9 Å². The Morgan fingerprint density at radius 3 is 2.12 bits per heavy atom. The average Bonchev–Trinajstić information content (AvgIpc) is 3.12. The van der Waals surface area contributed by atoms with Crippen molar-refractivity contribution in [3.63, 3.8) is 0 Å². The van der Waals surface area contributed by atoms with Gasteiger partial charge in [0.05, 0.1) is 19.3 Å². The Morgan fingerprint density at radius 2 is 1.50 bits per heavy atom. The maximum absolute atomic E-state index is 12.3. The molecule has 8 heteroatoms. The Morgan fingerprint density at radius 1 is 0.875 bits per heavy atom. The first-order valence-electron chi connectivity index (χ1n) is 10.3. The molecule has 1 fully saturated rings. The highest BCUT2D eigenvalue weighted by molar-refractivity contribution is 7.97. The van der Waals surface area contributed by atoms with Crippen LogP contribution in [0.4, 0.5) is 13.2 Å². The summed E-state index contributed by atoms with van der Waals surface area (Å²) in [6.07, 6.45) is -3.81. The fourth-order valence-corrected chi connectivity index (χ4v) is 5.02. The van der Waals surface area contributed by atoms with Crippen molar-refractivity contribution >= 4 is 33.8 Å². The quantitative estimate of drug-likeness (QED) is 0.355. The lowest BCUT2D eigenvalue weighted by atomic mass is 10.1. The van der Waals surface area contributed by atoms with E-state index < -0.39 is 6.36 Å². The molecule has 5 rings (SSSR count). The predicted molar refractivity (Wildman–Crippen MR) is 120 cm³/mol. The van der Waals surface area contributed by atoms with Crippen molar-refractivity contribution in [2.45, 2.75) is 29.8 Å². The molecule has 1 aliphatic rings. The van der Waals surface area contributed by atoms with E-state index in [9.17, 15) is 13.2 Å². The van der Waals surface area contributed by atoms with Gasteiger partial charge in [-0.15, -0.1) is 13.2 Å². The van der Waals surface area contributed by atoms with Gasteiger partial charge in [-0.2, -0.15) is 0 Å². The number of hydrogen-bond acceptors (Lipinski definition) is 4. The van der Waals surface area contributed by atoms with E-state index >= 15 is 0 Å². The first-order valence-corrected chi connectivity index (χ1v) is 11.1. The molecule has 0 amide bonds. The molecule has 0 aliphatic carbocycles. The summed E-state index contributed by atoms with van der Waals surface area (Å²) in [5, 5.41) is 2.46. The van der Waals surface area contributed by atoms with Gasteiger partial charge in [-0.3, -0.25) is 4.72 Å². The Bertz CT molecular complexity index is 1170. The van der Waals surface area contributed by atoms with Gasteiger partial charge in [-0.05, 0) is 54.8 Å². The van der Waals surface area contributed by atoms with Crippen LogP contribution in [0, 0.1) is 0 Å². The second kappa shape index (κ2) is 8.69. The highest BCUT2D eigenvalue weighted by Gasteiger charge is 2.31. The van der Waals surface area contributed by atoms with Crippen molar-refractivity contribution in [2.75, 3.05) is 13.2 Å². The molecular formula is C24H21F3N2O2S. The van der Waals surface area contributed by atoms with Crippen molar-refractivity contribution in [2.24, 2.45) is 0 Å². The second-order valence-corrected chi connectivity index (χ2v) is 8.68. The smallest absolute Gasteiger partial charge is 0.406 e. The lowest BCUT2D eigenvalue weighted by Gasteiger charge is -2.31. The number of nitrogens with one attached hydrogen (secondary N) is 1. The van der Waals surface area contributed by atoms with Gasteiger partial charge in [0, 0.05) is 32.7 Å². The molecule has 0 unspecified atom stereocenters.